The van der Waals surface area contributed by atoms with E-state index in [1.807, 2.05) is 0 Å². The molecule has 1 saturated heterocycles. The Kier molecular flexibility index (Phi) is 6.69. The summed E-state index contributed by atoms with van der Waals surface area (Å²) in [6.45, 7) is 7.48. The van der Waals surface area contributed by atoms with Crippen LogP contribution in [-0.4, -0.2) is 24.0 Å². The predicted molar refractivity (Wildman–Crippen MR) is 76.6 cm³/mol. The Balaban J connectivity index is 2.53. The molecule has 1 aliphatic rings. The van der Waals surface area contributed by atoms with Gasteiger partial charge in [-0.1, -0.05) is 40.0 Å². The lowest BCUT2D eigenvalue weighted by atomic mass is 9.92. The quantitative estimate of drug-likeness (QED) is 0.699. The van der Waals surface area contributed by atoms with Crippen molar-refractivity contribution in [1.29, 1.82) is 0 Å². The fourth-order valence-corrected chi connectivity index (χ4v) is 2.87. The molecule has 2 unspecified atom stereocenters. The molecule has 106 valence electrons. The van der Waals surface area contributed by atoms with Gasteiger partial charge >= 0.3 is 0 Å². The fourth-order valence-electron chi connectivity index (χ4n) is 2.87. The molecule has 18 heavy (non-hydrogen) atoms. The van der Waals surface area contributed by atoms with Gasteiger partial charge in [-0.3, -0.25) is 4.79 Å². The lowest BCUT2D eigenvalue weighted by molar-refractivity contribution is -0.128. The summed E-state index contributed by atoms with van der Waals surface area (Å²) >= 11 is 0. The SMILES string of the molecule is CCCCC(CCC)NC(=O)C1(CC)CCCN1. The molecule has 2 N–H and O–H groups in total. The van der Waals surface area contributed by atoms with E-state index < -0.39 is 0 Å². The van der Waals surface area contributed by atoms with Gasteiger partial charge in [0.25, 0.3) is 0 Å². The minimum Gasteiger partial charge on any atom is -0.352 e. The number of rotatable bonds is 8. The molecule has 1 rings (SSSR count). The second kappa shape index (κ2) is 7.78. The van der Waals surface area contributed by atoms with Gasteiger partial charge in [-0.15, -0.1) is 0 Å². The van der Waals surface area contributed by atoms with Crippen molar-refractivity contribution in [2.24, 2.45) is 0 Å². The van der Waals surface area contributed by atoms with E-state index >= 15 is 0 Å². The third-order valence-corrected chi connectivity index (χ3v) is 4.16. The Bertz CT molecular complexity index is 247. The van der Waals surface area contributed by atoms with Crippen LogP contribution in [0.1, 0.15) is 72.1 Å². The summed E-state index contributed by atoms with van der Waals surface area (Å²) < 4.78 is 0. The number of carbonyl (C=O) groups is 1. The first kappa shape index (κ1) is 15.5. The largest absolute Gasteiger partial charge is 0.352 e. The number of nitrogens with one attached hydrogen (secondary N) is 2. The van der Waals surface area contributed by atoms with Crippen LogP contribution in [0, 0.1) is 0 Å². The molecular formula is C15H30N2O. The van der Waals surface area contributed by atoms with Crippen molar-refractivity contribution in [2.75, 3.05) is 6.54 Å². The third kappa shape index (κ3) is 3.98. The highest BCUT2D eigenvalue weighted by Gasteiger charge is 2.39. The first-order valence-corrected chi connectivity index (χ1v) is 7.74. The Morgan fingerprint density at radius 3 is 2.56 bits per heavy atom. The van der Waals surface area contributed by atoms with Crippen molar-refractivity contribution in [2.45, 2.75) is 83.7 Å². The molecule has 0 aliphatic carbocycles. The molecular weight excluding hydrogens is 224 g/mol. The average Bonchev–Trinajstić information content (AvgIpc) is 2.86. The van der Waals surface area contributed by atoms with Crippen molar-refractivity contribution in [1.82, 2.24) is 10.6 Å². The zero-order valence-corrected chi connectivity index (χ0v) is 12.3. The number of hydrogen-bond acceptors (Lipinski definition) is 2. The van der Waals surface area contributed by atoms with Crippen LogP contribution in [0.25, 0.3) is 0 Å². The molecule has 0 spiro atoms. The van der Waals surface area contributed by atoms with Gasteiger partial charge in [0.15, 0.2) is 0 Å². The Morgan fingerprint density at radius 2 is 2.06 bits per heavy atom. The van der Waals surface area contributed by atoms with Gasteiger partial charge in [0.1, 0.15) is 0 Å². The topological polar surface area (TPSA) is 41.1 Å². The van der Waals surface area contributed by atoms with Crippen molar-refractivity contribution in [3.8, 4) is 0 Å². The summed E-state index contributed by atoms with van der Waals surface area (Å²) in [5, 5.41) is 6.70. The number of carbonyl (C=O) groups excluding carboxylic acids is 1. The van der Waals surface area contributed by atoms with Gasteiger partial charge in [-0.25, -0.2) is 0 Å². The Labute approximate surface area is 112 Å². The zero-order valence-electron chi connectivity index (χ0n) is 12.3. The molecule has 1 heterocycles. The first-order chi connectivity index (χ1) is 8.68. The van der Waals surface area contributed by atoms with E-state index in [9.17, 15) is 4.79 Å². The average molecular weight is 254 g/mol. The van der Waals surface area contributed by atoms with E-state index in [-0.39, 0.29) is 11.4 Å². The molecule has 0 radical (unpaired) electrons. The normalized spacial score (nSPS) is 25.1. The molecule has 0 bridgehead atoms. The third-order valence-electron chi connectivity index (χ3n) is 4.16. The highest BCUT2D eigenvalue weighted by atomic mass is 16.2. The van der Waals surface area contributed by atoms with Gasteiger partial charge in [-0.05, 0) is 38.6 Å². The number of amides is 1. The van der Waals surface area contributed by atoms with E-state index in [1.165, 1.54) is 12.8 Å². The second-order valence-electron chi connectivity index (χ2n) is 5.57. The Morgan fingerprint density at radius 1 is 1.28 bits per heavy atom. The van der Waals surface area contributed by atoms with Crippen molar-refractivity contribution in [3.05, 3.63) is 0 Å². The fraction of sp³-hybridized carbons (Fsp3) is 0.933. The van der Waals surface area contributed by atoms with E-state index in [1.54, 1.807) is 0 Å². The summed E-state index contributed by atoms with van der Waals surface area (Å²) in [5.74, 6) is 0.233. The molecule has 0 aromatic rings. The lowest BCUT2D eigenvalue weighted by Gasteiger charge is -2.29. The number of unbranched alkanes of at least 4 members (excludes halogenated alkanes) is 1. The summed E-state index contributed by atoms with van der Waals surface area (Å²) in [6, 6.07) is 0.369. The van der Waals surface area contributed by atoms with E-state index in [0.29, 0.717) is 6.04 Å². The first-order valence-electron chi connectivity index (χ1n) is 7.74. The second-order valence-corrected chi connectivity index (χ2v) is 5.57. The predicted octanol–water partition coefficient (Wildman–Crippen LogP) is 2.99. The van der Waals surface area contributed by atoms with E-state index in [4.69, 9.17) is 0 Å². The highest BCUT2D eigenvalue weighted by Crippen LogP contribution is 2.23. The van der Waals surface area contributed by atoms with Crippen LogP contribution in [0.2, 0.25) is 0 Å². The molecule has 1 aliphatic heterocycles. The van der Waals surface area contributed by atoms with Crippen LogP contribution in [0.5, 0.6) is 0 Å². The zero-order chi connectivity index (χ0) is 13.4. The van der Waals surface area contributed by atoms with E-state index in [2.05, 4.69) is 31.4 Å². The molecule has 1 amide bonds. The van der Waals surface area contributed by atoms with Crippen LogP contribution < -0.4 is 10.6 Å². The smallest absolute Gasteiger partial charge is 0.240 e. The van der Waals surface area contributed by atoms with Gasteiger partial charge in [0.05, 0.1) is 5.54 Å². The molecule has 0 aromatic carbocycles. The standard InChI is InChI=1S/C15H30N2O/c1-4-7-10-13(9-5-2)17-14(18)15(6-3)11-8-12-16-15/h13,16H,4-12H2,1-3H3,(H,17,18). The van der Waals surface area contributed by atoms with Crippen LogP contribution in [-0.2, 0) is 4.79 Å². The Hall–Kier alpha value is -0.570. The van der Waals surface area contributed by atoms with Gasteiger partial charge < -0.3 is 10.6 Å². The van der Waals surface area contributed by atoms with Gasteiger partial charge in [0, 0.05) is 6.04 Å². The minimum atomic E-state index is -0.280. The summed E-state index contributed by atoms with van der Waals surface area (Å²) in [6.07, 6.45) is 8.77. The lowest BCUT2D eigenvalue weighted by Crippen LogP contribution is -2.55. The molecule has 3 heteroatoms. The number of hydrogen-bond donors (Lipinski definition) is 2. The molecule has 0 saturated carbocycles. The highest BCUT2D eigenvalue weighted by molar-refractivity contribution is 5.86. The molecule has 2 atom stereocenters. The van der Waals surface area contributed by atoms with Crippen molar-refractivity contribution in [3.63, 3.8) is 0 Å². The monoisotopic (exact) mass is 254 g/mol. The van der Waals surface area contributed by atoms with E-state index in [0.717, 1.165) is 45.1 Å². The molecule has 0 aromatic heterocycles. The summed E-state index contributed by atoms with van der Waals surface area (Å²) in [4.78, 5) is 12.5. The van der Waals surface area contributed by atoms with Crippen LogP contribution in [0.15, 0.2) is 0 Å². The van der Waals surface area contributed by atoms with Crippen LogP contribution in [0.3, 0.4) is 0 Å². The van der Waals surface area contributed by atoms with Gasteiger partial charge in [0.2, 0.25) is 5.91 Å². The molecule has 3 nitrogen and oxygen atoms in total. The minimum absolute atomic E-state index is 0.233. The summed E-state index contributed by atoms with van der Waals surface area (Å²) in [5.41, 5.74) is -0.280. The maximum atomic E-state index is 12.5. The van der Waals surface area contributed by atoms with Crippen molar-refractivity contribution >= 4 is 5.91 Å². The van der Waals surface area contributed by atoms with Crippen molar-refractivity contribution < 1.29 is 4.79 Å². The van der Waals surface area contributed by atoms with Gasteiger partial charge in [-0.2, -0.15) is 0 Å². The summed E-state index contributed by atoms with van der Waals surface area (Å²) in [7, 11) is 0. The maximum Gasteiger partial charge on any atom is 0.240 e. The maximum absolute atomic E-state index is 12.5. The van der Waals surface area contributed by atoms with Crippen LogP contribution >= 0.6 is 0 Å². The van der Waals surface area contributed by atoms with Crippen LogP contribution in [0.4, 0.5) is 0 Å². The molecule has 1 fully saturated rings.